The Morgan fingerprint density at radius 1 is 1.26 bits per heavy atom. The summed E-state index contributed by atoms with van der Waals surface area (Å²) in [6.45, 7) is -0.606. The standard InChI is InChI=1S/C9H13N3O5S2/c1-18(14,15)6-2-3-7(10)8(4-6)19(16,17)12-5-9(11)13/h2-4,12H,5,10H2,1H3,(H2,11,13). The second-order valence-corrected chi connectivity index (χ2v) is 7.51. The van der Waals surface area contributed by atoms with Crippen molar-refractivity contribution in [2.75, 3.05) is 18.5 Å². The van der Waals surface area contributed by atoms with E-state index in [1.54, 1.807) is 0 Å². The summed E-state index contributed by atoms with van der Waals surface area (Å²) in [5.41, 5.74) is 10.2. The molecule has 0 aromatic heterocycles. The molecule has 0 aliphatic rings. The quantitative estimate of drug-likeness (QED) is 0.560. The third-order valence-corrected chi connectivity index (χ3v) is 4.71. The van der Waals surface area contributed by atoms with Gasteiger partial charge in [-0.1, -0.05) is 0 Å². The molecule has 0 spiro atoms. The van der Waals surface area contributed by atoms with Crippen LogP contribution in [-0.4, -0.2) is 35.5 Å². The van der Waals surface area contributed by atoms with Crippen LogP contribution in [0.2, 0.25) is 0 Å². The number of hydrogen-bond donors (Lipinski definition) is 3. The zero-order chi connectivity index (χ0) is 14.8. The number of sulfone groups is 1. The number of nitrogens with two attached hydrogens (primary N) is 2. The first-order valence-corrected chi connectivity index (χ1v) is 8.29. The van der Waals surface area contributed by atoms with Crippen LogP contribution in [0.5, 0.6) is 0 Å². The molecule has 0 bridgehead atoms. The van der Waals surface area contributed by atoms with Crippen LogP contribution in [0.25, 0.3) is 0 Å². The Bertz CT molecular complexity index is 709. The average Bonchev–Trinajstić information content (AvgIpc) is 2.25. The van der Waals surface area contributed by atoms with Crippen molar-refractivity contribution in [3.8, 4) is 0 Å². The fraction of sp³-hybridized carbons (Fsp3) is 0.222. The van der Waals surface area contributed by atoms with Crippen LogP contribution < -0.4 is 16.2 Å². The van der Waals surface area contributed by atoms with E-state index in [0.29, 0.717) is 0 Å². The van der Waals surface area contributed by atoms with Gasteiger partial charge in [-0.15, -0.1) is 0 Å². The number of carbonyl (C=O) groups is 1. The van der Waals surface area contributed by atoms with Crippen LogP contribution in [0.1, 0.15) is 0 Å². The zero-order valence-corrected chi connectivity index (χ0v) is 11.6. The molecule has 1 aromatic carbocycles. The summed E-state index contributed by atoms with van der Waals surface area (Å²) in [5.74, 6) is -0.874. The minimum absolute atomic E-state index is 0.135. The van der Waals surface area contributed by atoms with Gasteiger partial charge in [-0.05, 0) is 18.2 Å². The molecule has 0 aliphatic heterocycles. The van der Waals surface area contributed by atoms with Crippen molar-refractivity contribution in [2.24, 2.45) is 5.73 Å². The van der Waals surface area contributed by atoms with Gasteiger partial charge < -0.3 is 11.5 Å². The lowest BCUT2D eigenvalue weighted by Gasteiger charge is -2.09. The van der Waals surface area contributed by atoms with Crippen LogP contribution in [-0.2, 0) is 24.7 Å². The minimum atomic E-state index is -4.11. The molecule has 0 saturated heterocycles. The molecule has 10 heteroatoms. The largest absolute Gasteiger partial charge is 0.398 e. The number of carbonyl (C=O) groups excluding carboxylic acids is 1. The zero-order valence-electron chi connectivity index (χ0n) is 9.95. The number of rotatable bonds is 5. The van der Waals surface area contributed by atoms with Crippen molar-refractivity contribution in [2.45, 2.75) is 9.79 Å². The van der Waals surface area contributed by atoms with Crippen molar-refractivity contribution in [3.05, 3.63) is 18.2 Å². The van der Waals surface area contributed by atoms with Crippen molar-refractivity contribution in [3.63, 3.8) is 0 Å². The molecule has 0 unspecified atom stereocenters. The maximum Gasteiger partial charge on any atom is 0.243 e. The van der Waals surface area contributed by atoms with E-state index in [4.69, 9.17) is 11.5 Å². The first-order chi connectivity index (χ1) is 8.54. The Labute approximate surface area is 110 Å². The molecule has 0 aliphatic carbocycles. The number of nitrogen functional groups attached to an aromatic ring is 1. The van der Waals surface area contributed by atoms with E-state index in [0.717, 1.165) is 18.4 Å². The van der Waals surface area contributed by atoms with Gasteiger partial charge in [0.1, 0.15) is 4.90 Å². The number of primary amides is 1. The molecule has 106 valence electrons. The first kappa shape index (κ1) is 15.4. The lowest BCUT2D eigenvalue weighted by molar-refractivity contribution is -0.116. The molecule has 1 amide bonds. The first-order valence-electron chi connectivity index (χ1n) is 4.91. The highest BCUT2D eigenvalue weighted by Crippen LogP contribution is 2.22. The number of sulfonamides is 1. The Morgan fingerprint density at radius 2 is 1.84 bits per heavy atom. The summed E-state index contributed by atoms with van der Waals surface area (Å²) in [4.78, 5) is 9.94. The van der Waals surface area contributed by atoms with Gasteiger partial charge >= 0.3 is 0 Å². The Morgan fingerprint density at radius 3 is 2.32 bits per heavy atom. The van der Waals surface area contributed by atoms with Gasteiger partial charge in [0.15, 0.2) is 9.84 Å². The molecule has 8 nitrogen and oxygen atoms in total. The van der Waals surface area contributed by atoms with Crippen molar-refractivity contribution in [1.82, 2.24) is 4.72 Å². The van der Waals surface area contributed by atoms with Crippen molar-refractivity contribution in [1.29, 1.82) is 0 Å². The topological polar surface area (TPSA) is 149 Å². The molecule has 0 radical (unpaired) electrons. The second-order valence-electron chi connectivity index (χ2n) is 3.76. The van der Waals surface area contributed by atoms with Gasteiger partial charge in [-0.25, -0.2) is 21.6 Å². The lowest BCUT2D eigenvalue weighted by Crippen LogP contribution is -2.33. The predicted octanol–water partition coefficient (Wildman–Crippen LogP) is -1.56. The maximum absolute atomic E-state index is 11.8. The van der Waals surface area contributed by atoms with Gasteiger partial charge in [0.2, 0.25) is 15.9 Å². The van der Waals surface area contributed by atoms with E-state index >= 15 is 0 Å². The number of anilines is 1. The van der Waals surface area contributed by atoms with E-state index in [9.17, 15) is 21.6 Å². The van der Waals surface area contributed by atoms with E-state index in [-0.39, 0.29) is 10.6 Å². The third-order valence-electron chi connectivity index (χ3n) is 2.14. The highest BCUT2D eigenvalue weighted by molar-refractivity contribution is 7.91. The van der Waals surface area contributed by atoms with Crippen LogP contribution >= 0.6 is 0 Å². The van der Waals surface area contributed by atoms with Gasteiger partial charge in [-0.3, -0.25) is 4.79 Å². The van der Waals surface area contributed by atoms with Gasteiger partial charge in [0.25, 0.3) is 0 Å². The maximum atomic E-state index is 11.8. The summed E-state index contributed by atoms with van der Waals surface area (Å²) in [6, 6.07) is 3.28. The number of benzene rings is 1. The van der Waals surface area contributed by atoms with Crippen LogP contribution in [0, 0.1) is 0 Å². The van der Waals surface area contributed by atoms with Crippen molar-refractivity contribution < 1.29 is 21.6 Å². The van der Waals surface area contributed by atoms with Gasteiger partial charge in [-0.2, -0.15) is 0 Å². The van der Waals surface area contributed by atoms with Gasteiger partial charge in [0, 0.05) is 6.26 Å². The summed E-state index contributed by atoms with van der Waals surface area (Å²) < 4.78 is 48.3. The minimum Gasteiger partial charge on any atom is -0.398 e. The monoisotopic (exact) mass is 307 g/mol. The van der Waals surface area contributed by atoms with Crippen LogP contribution in [0.15, 0.2) is 28.0 Å². The Kier molecular flexibility index (Phi) is 4.18. The van der Waals surface area contributed by atoms with E-state index in [2.05, 4.69) is 0 Å². The highest BCUT2D eigenvalue weighted by atomic mass is 32.2. The van der Waals surface area contributed by atoms with Gasteiger partial charge in [0.05, 0.1) is 17.1 Å². The van der Waals surface area contributed by atoms with Crippen molar-refractivity contribution >= 4 is 31.5 Å². The third kappa shape index (κ3) is 3.91. The number of nitrogens with one attached hydrogen (secondary N) is 1. The summed E-state index contributed by atoms with van der Waals surface area (Å²) in [6.07, 6.45) is 0.936. The highest BCUT2D eigenvalue weighted by Gasteiger charge is 2.20. The normalized spacial score (nSPS) is 12.3. The molecule has 0 heterocycles. The Balaban J connectivity index is 3.30. The molecule has 1 aromatic rings. The Hall–Kier alpha value is -1.65. The summed E-state index contributed by atoms with van der Waals surface area (Å²) >= 11 is 0. The molecule has 5 N–H and O–H groups in total. The number of amides is 1. The summed E-state index contributed by atoms with van der Waals surface area (Å²) in [7, 11) is -7.68. The fourth-order valence-corrected chi connectivity index (χ4v) is 3.09. The second kappa shape index (κ2) is 5.15. The molecule has 19 heavy (non-hydrogen) atoms. The van der Waals surface area contributed by atoms with Crippen LogP contribution in [0.3, 0.4) is 0 Å². The SMILES string of the molecule is CS(=O)(=O)c1ccc(N)c(S(=O)(=O)NCC(N)=O)c1. The molecular weight excluding hydrogens is 294 g/mol. The predicted molar refractivity (Wildman–Crippen MR) is 68.3 cm³/mol. The lowest BCUT2D eigenvalue weighted by atomic mass is 10.3. The molecule has 0 saturated carbocycles. The number of hydrogen-bond acceptors (Lipinski definition) is 6. The average molecular weight is 307 g/mol. The molecule has 0 fully saturated rings. The van der Waals surface area contributed by atoms with Crippen LogP contribution in [0.4, 0.5) is 5.69 Å². The smallest absolute Gasteiger partial charge is 0.243 e. The van der Waals surface area contributed by atoms with E-state index < -0.39 is 37.2 Å². The molecular formula is C9H13N3O5S2. The fourth-order valence-electron chi connectivity index (χ4n) is 1.22. The summed E-state index contributed by atoms with van der Waals surface area (Å²) in [5, 5.41) is 0. The molecule has 0 atom stereocenters. The van der Waals surface area contributed by atoms with E-state index in [1.165, 1.54) is 6.07 Å². The van der Waals surface area contributed by atoms with E-state index in [1.807, 2.05) is 4.72 Å². The molecule has 1 rings (SSSR count).